The average Bonchev–Trinajstić information content (AvgIpc) is 3.05. The molecule has 1 aromatic heterocycles. The van der Waals surface area contributed by atoms with Gasteiger partial charge in [-0.15, -0.1) is 0 Å². The number of benzene rings is 2. The van der Waals surface area contributed by atoms with Gasteiger partial charge in [0.25, 0.3) is 0 Å². The molecule has 1 heterocycles. The van der Waals surface area contributed by atoms with Gasteiger partial charge >= 0.3 is 0 Å². The van der Waals surface area contributed by atoms with Gasteiger partial charge in [0.05, 0.1) is 13.7 Å². The summed E-state index contributed by atoms with van der Waals surface area (Å²) in [6, 6.07) is 13.9. The van der Waals surface area contributed by atoms with Crippen molar-refractivity contribution in [2.45, 2.75) is 20.4 Å². The van der Waals surface area contributed by atoms with Gasteiger partial charge in [-0.3, -0.25) is 0 Å². The van der Waals surface area contributed by atoms with Gasteiger partial charge in [0, 0.05) is 11.3 Å². The Hall–Kier alpha value is -2.82. The van der Waals surface area contributed by atoms with Crippen LogP contribution in [0.15, 0.2) is 47.0 Å². The third-order valence-corrected chi connectivity index (χ3v) is 3.64. The van der Waals surface area contributed by atoms with Gasteiger partial charge in [-0.05, 0) is 55.3 Å². The van der Waals surface area contributed by atoms with Gasteiger partial charge in [-0.25, -0.2) is 0 Å². The summed E-state index contributed by atoms with van der Waals surface area (Å²) in [5, 5.41) is 7.36. The Morgan fingerprint density at radius 2 is 1.87 bits per heavy atom. The molecule has 0 unspecified atom stereocenters. The van der Waals surface area contributed by atoms with E-state index in [-0.39, 0.29) is 0 Å². The number of methoxy groups -OCH3 is 1. The van der Waals surface area contributed by atoms with Crippen LogP contribution in [0.2, 0.25) is 0 Å². The number of aryl methyl sites for hydroxylation is 2. The first-order valence-corrected chi connectivity index (χ1v) is 7.44. The molecule has 0 bridgehead atoms. The predicted octanol–water partition coefficient (Wildman–Crippen LogP) is 3.97. The second-order valence-corrected chi connectivity index (χ2v) is 5.41. The first-order valence-electron chi connectivity index (χ1n) is 7.44. The van der Waals surface area contributed by atoms with E-state index >= 15 is 0 Å². The highest BCUT2D eigenvalue weighted by molar-refractivity contribution is 5.56. The molecule has 118 valence electrons. The van der Waals surface area contributed by atoms with Crippen molar-refractivity contribution in [3.05, 3.63) is 59.5 Å². The Kier molecular flexibility index (Phi) is 4.28. The highest BCUT2D eigenvalue weighted by Gasteiger charge is 2.09. The fourth-order valence-corrected chi connectivity index (χ4v) is 2.28. The van der Waals surface area contributed by atoms with Crippen molar-refractivity contribution in [2.24, 2.45) is 0 Å². The Morgan fingerprint density at radius 3 is 2.61 bits per heavy atom. The lowest BCUT2D eigenvalue weighted by Gasteiger charge is -2.08. The smallest absolute Gasteiger partial charge is 0.246 e. The summed E-state index contributed by atoms with van der Waals surface area (Å²) < 4.78 is 10.5. The van der Waals surface area contributed by atoms with E-state index in [9.17, 15) is 0 Å². The van der Waals surface area contributed by atoms with Crippen LogP contribution in [0, 0.1) is 13.8 Å². The number of hydrogen-bond acceptors (Lipinski definition) is 5. The maximum absolute atomic E-state index is 5.31. The lowest BCUT2D eigenvalue weighted by Crippen LogP contribution is -2.01. The van der Waals surface area contributed by atoms with Crippen LogP contribution >= 0.6 is 0 Å². The molecule has 2 aromatic carbocycles. The molecule has 0 aliphatic heterocycles. The summed E-state index contributed by atoms with van der Waals surface area (Å²) in [5.74, 6) is 1.93. The number of anilines is 1. The van der Waals surface area contributed by atoms with Crippen molar-refractivity contribution < 1.29 is 9.26 Å². The van der Waals surface area contributed by atoms with Gasteiger partial charge in [0.2, 0.25) is 11.7 Å². The molecule has 3 rings (SSSR count). The molecule has 0 spiro atoms. The molecule has 23 heavy (non-hydrogen) atoms. The summed E-state index contributed by atoms with van der Waals surface area (Å²) >= 11 is 0. The number of hydrogen-bond donors (Lipinski definition) is 1. The Bertz CT molecular complexity index is 794. The van der Waals surface area contributed by atoms with Crippen molar-refractivity contribution in [1.82, 2.24) is 10.1 Å². The van der Waals surface area contributed by atoms with E-state index in [0.717, 1.165) is 17.0 Å². The number of nitrogens with one attached hydrogen (secondary N) is 1. The van der Waals surface area contributed by atoms with Crippen LogP contribution in [0.4, 0.5) is 5.69 Å². The summed E-state index contributed by atoms with van der Waals surface area (Å²) in [7, 11) is 1.64. The Morgan fingerprint density at radius 1 is 1.09 bits per heavy atom. The van der Waals surface area contributed by atoms with E-state index in [4.69, 9.17) is 9.26 Å². The van der Waals surface area contributed by atoms with Crippen LogP contribution in [-0.2, 0) is 6.54 Å². The molecule has 5 heteroatoms. The van der Waals surface area contributed by atoms with E-state index in [2.05, 4.69) is 47.5 Å². The van der Waals surface area contributed by atoms with Gasteiger partial charge in [0.1, 0.15) is 5.75 Å². The van der Waals surface area contributed by atoms with Crippen LogP contribution in [0.25, 0.3) is 11.4 Å². The number of aromatic nitrogens is 2. The first-order chi connectivity index (χ1) is 11.2. The summed E-state index contributed by atoms with van der Waals surface area (Å²) in [6.45, 7) is 4.63. The monoisotopic (exact) mass is 309 g/mol. The third kappa shape index (κ3) is 3.51. The van der Waals surface area contributed by atoms with Crippen molar-refractivity contribution in [1.29, 1.82) is 0 Å². The predicted molar refractivity (Wildman–Crippen MR) is 89.5 cm³/mol. The number of nitrogens with zero attached hydrogens (tertiary/aromatic N) is 2. The van der Waals surface area contributed by atoms with Crippen LogP contribution in [0.3, 0.4) is 0 Å². The lowest BCUT2D eigenvalue weighted by atomic mass is 10.1. The molecule has 0 radical (unpaired) electrons. The highest BCUT2D eigenvalue weighted by atomic mass is 16.5. The van der Waals surface area contributed by atoms with E-state index in [1.54, 1.807) is 7.11 Å². The minimum atomic E-state index is 0.494. The number of ether oxygens (including phenoxy) is 1. The van der Waals surface area contributed by atoms with Crippen LogP contribution in [0.5, 0.6) is 5.75 Å². The quantitative estimate of drug-likeness (QED) is 0.772. The maximum Gasteiger partial charge on any atom is 0.246 e. The molecule has 1 N–H and O–H groups in total. The SMILES string of the molecule is COc1ccc(-c2noc(CNc3cc(C)ccc3C)n2)cc1. The van der Waals surface area contributed by atoms with E-state index in [1.165, 1.54) is 11.1 Å². The van der Waals surface area contributed by atoms with Crippen molar-refractivity contribution in [2.75, 3.05) is 12.4 Å². The lowest BCUT2D eigenvalue weighted by molar-refractivity contribution is 0.384. The molecular weight excluding hydrogens is 290 g/mol. The average molecular weight is 309 g/mol. The summed E-state index contributed by atoms with van der Waals surface area (Å²) in [4.78, 5) is 4.42. The fraction of sp³-hybridized carbons (Fsp3) is 0.222. The van der Waals surface area contributed by atoms with Gasteiger partial charge < -0.3 is 14.6 Å². The maximum atomic E-state index is 5.31. The van der Waals surface area contributed by atoms with E-state index < -0.39 is 0 Å². The third-order valence-electron chi connectivity index (χ3n) is 3.64. The molecule has 0 fully saturated rings. The van der Waals surface area contributed by atoms with Crippen LogP contribution < -0.4 is 10.1 Å². The van der Waals surface area contributed by atoms with E-state index in [1.807, 2.05) is 24.3 Å². The normalized spacial score (nSPS) is 10.6. The second-order valence-electron chi connectivity index (χ2n) is 5.41. The summed E-state index contributed by atoms with van der Waals surface area (Å²) in [6.07, 6.45) is 0. The van der Waals surface area contributed by atoms with E-state index in [0.29, 0.717) is 18.3 Å². The highest BCUT2D eigenvalue weighted by Crippen LogP contribution is 2.21. The molecule has 0 atom stereocenters. The number of rotatable bonds is 5. The zero-order valence-electron chi connectivity index (χ0n) is 13.5. The fourth-order valence-electron chi connectivity index (χ4n) is 2.28. The van der Waals surface area contributed by atoms with Crippen molar-refractivity contribution >= 4 is 5.69 Å². The van der Waals surface area contributed by atoms with Crippen LogP contribution in [-0.4, -0.2) is 17.3 Å². The molecule has 3 aromatic rings. The zero-order chi connectivity index (χ0) is 16.2. The minimum Gasteiger partial charge on any atom is -0.497 e. The zero-order valence-corrected chi connectivity index (χ0v) is 13.5. The standard InChI is InChI=1S/C18H19N3O2/c1-12-4-5-13(2)16(10-12)19-11-17-20-18(21-23-17)14-6-8-15(22-3)9-7-14/h4-10,19H,11H2,1-3H3. The summed E-state index contributed by atoms with van der Waals surface area (Å²) in [5.41, 5.74) is 4.37. The van der Waals surface area contributed by atoms with Crippen LogP contribution in [0.1, 0.15) is 17.0 Å². The van der Waals surface area contributed by atoms with Crippen molar-refractivity contribution in [3.8, 4) is 17.1 Å². The van der Waals surface area contributed by atoms with Gasteiger partial charge in [-0.2, -0.15) is 4.98 Å². The molecule has 0 aliphatic rings. The molecule has 0 amide bonds. The topological polar surface area (TPSA) is 60.2 Å². The second kappa shape index (κ2) is 6.52. The molecule has 5 nitrogen and oxygen atoms in total. The molecule has 0 aliphatic carbocycles. The largest absolute Gasteiger partial charge is 0.497 e. The molecule has 0 saturated carbocycles. The molecule has 0 saturated heterocycles. The molecular formula is C18H19N3O2. The van der Waals surface area contributed by atoms with Crippen molar-refractivity contribution in [3.63, 3.8) is 0 Å². The van der Waals surface area contributed by atoms with Gasteiger partial charge in [-0.1, -0.05) is 17.3 Å². The Balaban J connectivity index is 1.70. The Labute approximate surface area is 135 Å². The van der Waals surface area contributed by atoms with Gasteiger partial charge in [0.15, 0.2) is 0 Å². The minimum absolute atomic E-state index is 0.494. The first kappa shape index (κ1) is 15.1.